The minimum absolute atomic E-state index is 0.0365. The van der Waals surface area contributed by atoms with Crippen molar-refractivity contribution < 1.29 is 4.79 Å². The van der Waals surface area contributed by atoms with E-state index in [9.17, 15) is 4.79 Å². The van der Waals surface area contributed by atoms with Gasteiger partial charge in [-0.3, -0.25) is 9.20 Å². The van der Waals surface area contributed by atoms with Gasteiger partial charge in [0.1, 0.15) is 5.82 Å². The Bertz CT molecular complexity index is 763. The second-order valence-corrected chi connectivity index (χ2v) is 5.36. The van der Waals surface area contributed by atoms with Crippen LogP contribution in [0.3, 0.4) is 0 Å². The van der Waals surface area contributed by atoms with Gasteiger partial charge >= 0.3 is 0 Å². The summed E-state index contributed by atoms with van der Waals surface area (Å²) < 4.78 is 1.86. The van der Waals surface area contributed by atoms with E-state index < -0.39 is 0 Å². The molecular weight excluding hydrogens is 274 g/mol. The molecule has 0 unspecified atom stereocenters. The zero-order chi connectivity index (χ0) is 14.1. The minimum Gasteiger partial charge on any atom is -0.359 e. The van der Waals surface area contributed by atoms with Gasteiger partial charge in [-0.25, -0.2) is 4.98 Å². The van der Waals surface area contributed by atoms with Gasteiger partial charge in [0.15, 0.2) is 16.6 Å². The van der Waals surface area contributed by atoms with Crippen LogP contribution in [0.5, 0.6) is 0 Å². The van der Waals surface area contributed by atoms with Gasteiger partial charge in [-0.1, -0.05) is 11.8 Å². The number of hydrogen-bond acceptors (Lipinski definition) is 5. The molecule has 7 heteroatoms. The molecule has 0 amide bonds. The largest absolute Gasteiger partial charge is 0.359 e. The first-order valence-electron chi connectivity index (χ1n) is 6.14. The molecule has 1 N–H and O–H groups in total. The zero-order valence-corrected chi connectivity index (χ0v) is 11.9. The number of Topliss-reactive ketones (excluding diaryl/α,β-unsaturated/α-hetero) is 1. The van der Waals surface area contributed by atoms with Crippen LogP contribution in [0, 0.1) is 13.8 Å². The van der Waals surface area contributed by atoms with E-state index in [4.69, 9.17) is 0 Å². The molecule has 3 rings (SSSR count). The number of H-pyrrole nitrogens is 1. The van der Waals surface area contributed by atoms with Crippen molar-refractivity contribution in [2.45, 2.75) is 19.0 Å². The number of ketones is 1. The van der Waals surface area contributed by atoms with Gasteiger partial charge < -0.3 is 4.98 Å². The number of aromatic nitrogens is 5. The summed E-state index contributed by atoms with van der Waals surface area (Å²) in [5.74, 6) is 1.17. The van der Waals surface area contributed by atoms with Crippen LogP contribution in [0.1, 0.15) is 22.0 Å². The summed E-state index contributed by atoms with van der Waals surface area (Å²) in [6.07, 6.45) is 1.74. The quantitative estimate of drug-likeness (QED) is 0.587. The molecule has 0 saturated heterocycles. The van der Waals surface area contributed by atoms with Gasteiger partial charge in [-0.2, -0.15) is 0 Å². The lowest BCUT2D eigenvalue weighted by Gasteiger charge is -2.03. The Kier molecular flexibility index (Phi) is 3.27. The third kappa shape index (κ3) is 2.32. The minimum atomic E-state index is 0.0365. The molecule has 6 nitrogen and oxygen atoms in total. The van der Waals surface area contributed by atoms with Gasteiger partial charge in [0, 0.05) is 18.0 Å². The first kappa shape index (κ1) is 12.9. The molecule has 3 aromatic rings. The van der Waals surface area contributed by atoms with Crippen molar-refractivity contribution in [3.8, 4) is 0 Å². The maximum Gasteiger partial charge on any atom is 0.197 e. The average Bonchev–Trinajstić information content (AvgIpc) is 3.04. The zero-order valence-electron chi connectivity index (χ0n) is 11.1. The number of carbonyl (C=O) groups is 1. The molecule has 0 spiro atoms. The summed E-state index contributed by atoms with van der Waals surface area (Å²) in [5, 5.41) is 8.92. The summed E-state index contributed by atoms with van der Waals surface area (Å²) in [6, 6.07) is 5.44. The number of aryl methyl sites for hydroxylation is 2. The molecule has 102 valence electrons. The molecule has 0 atom stereocenters. The van der Waals surface area contributed by atoms with Gasteiger partial charge in [-0.05, 0) is 26.0 Å². The van der Waals surface area contributed by atoms with Crippen LogP contribution in [0.2, 0.25) is 0 Å². The standard InChI is InChI=1S/C13H13N5OS/c1-8-6-12-16-17-13(18(12)9(2)15-8)20-7-11(19)10-4-3-5-14-10/h3-6,14H,7H2,1-2H3. The summed E-state index contributed by atoms with van der Waals surface area (Å²) in [5.41, 5.74) is 2.27. The Balaban J connectivity index is 1.83. The Morgan fingerprint density at radius 2 is 2.25 bits per heavy atom. The number of fused-ring (bicyclic) bond motifs is 1. The lowest BCUT2D eigenvalue weighted by atomic mass is 10.3. The second kappa shape index (κ2) is 5.09. The van der Waals surface area contributed by atoms with Crippen molar-refractivity contribution in [2.75, 3.05) is 5.75 Å². The highest BCUT2D eigenvalue weighted by atomic mass is 32.2. The molecule has 20 heavy (non-hydrogen) atoms. The fourth-order valence-electron chi connectivity index (χ4n) is 2.01. The predicted octanol–water partition coefficient (Wildman–Crippen LogP) is 2.04. The van der Waals surface area contributed by atoms with E-state index in [0.717, 1.165) is 17.2 Å². The van der Waals surface area contributed by atoms with Crippen LogP contribution in [0.25, 0.3) is 5.65 Å². The number of nitrogens with zero attached hydrogens (tertiary/aromatic N) is 4. The predicted molar refractivity (Wildman–Crippen MR) is 76.1 cm³/mol. The van der Waals surface area contributed by atoms with E-state index in [1.54, 1.807) is 18.3 Å². The van der Waals surface area contributed by atoms with Crippen molar-refractivity contribution >= 4 is 23.2 Å². The fourth-order valence-corrected chi connectivity index (χ4v) is 2.88. The highest BCUT2D eigenvalue weighted by molar-refractivity contribution is 7.99. The summed E-state index contributed by atoms with van der Waals surface area (Å²) in [4.78, 5) is 19.2. The lowest BCUT2D eigenvalue weighted by Crippen LogP contribution is -2.04. The molecule has 0 aliphatic heterocycles. The Morgan fingerprint density at radius 1 is 1.40 bits per heavy atom. The molecule has 3 aromatic heterocycles. The van der Waals surface area contributed by atoms with Crippen LogP contribution in [-0.4, -0.2) is 36.1 Å². The van der Waals surface area contributed by atoms with E-state index in [0.29, 0.717) is 16.6 Å². The summed E-state index contributed by atoms with van der Waals surface area (Å²) in [7, 11) is 0. The van der Waals surface area contributed by atoms with Gasteiger partial charge in [-0.15, -0.1) is 10.2 Å². The van der Waals surface area contributed by atoms with Crippen LogP contribution < -0.4 is 0 Å². The van der Waals surface area contributed by atoms with Crippen molar-refractivity contribution in [3.05, 3.63) is 41.6 Å². The average molecular weight is 287 g/mol. The van der Waals surface area contributed by atoms with Crippen LogP contribution in [0.15, 0.2) is 29.6 Å². The Labute approximate surface area is 119 Å². The number of rotatable bonds is 4. The van der Waals surface area contributed by atoms with E-state index in [1.165, 1.54) is 11.8 Å². The SMILES string of the molecule is Cc1cc2nnc(SCC(=O)c3ccc[nH]3)n2c(C)n1. The number of carbonyl (C=O) groups excluding carboxylic acids is 1. The third-order valence-corrected chi connectivity index (χ3v) is 3.82. The second-order valence-electron chi connectivity index (χ2n) is 4.42. The van der Waals surface area contributed by atoms with Crippen molar-refractivity contribution in [1.82, 2.24) is 24.6 Å². The van der Waals surface area contributed by atoms with Crippen LogP contribution in [0.4, 0.5) is 0 Å². The number of thioether (sulfide) groups is 1. The lowest BCUT2D eigenvalue weighted by molar-refractivity contribution is 0.101. The van der Waals surface area contributed by atoms with Crippen LogP contribution >= 0.6 is 11.8 Å². The molecule has 0 fully saturated rings. The van der Waals surface area contributed by atoms with Gasteiger partial charge in [0.2, 0.25) is 0 Å². The smallest absolute Gasteiger partial charge is 0.197 e. The molecule has 0 aliphatic rings. The first-order valence-corrected chi connectivity index (χ1v) is 7.12. The normalized spacial score (nSPS) is 11.1. The first-order chi connectivity index (χ1) is 9.65. The van der Waals surface area contributed by atoms with E-state index in [2.05, 4.69) is 20.2 Å². The molecule has 0 saturated carbocycles. The molecule has 0 aliphatic carbocycles. The van der Waals surface area contributed by atoms with E-state index in [1.807, 2.05) is 24.3 Å². The van der Waals surface area contributed by atoms with Crippen molar-refractivity contribution in [1.29, 1.82) is 0 Å². The third-order valence-electron chi connectivity index (χ3n) is 2.89. The topological polar surface area (TPSA) is 75.9 Å². The van der Waals surface area contributed by atoms with Gasteiger partial charge in [0.25, 0.3) is 0 Å². The van der Waals surface area contributed by atoms with Gasteiger partial charge in [0.05, 0.1) is 11.4 Å². The van der Waals surface area contributed by atoms with Crippen molar-refractivity contribution in [3.63, 3.8) is 0 Å². The monoisotopic (exact) mass is 287 g/mol. The Hall–Kier alpha value is -2.15. The number of hydrogen-bond donors (Lipinski definition) is 1. The van der Waals surface area contributed by atoms with E-state index >= 15 is 0 Å². The highest BCUT2D eigenvalue weighted by Gasteiger charge is 2.13. The maximum atomic E-state index is 12.0. The highest BCUT2D eigenvalue weighted by Crippen LogP contribution is 2.19. The molecular formula is C13H13N5OS. The molecule has 3 heterocycles. The summed E-state index contributed by atoms with van der Waals surface area (Å²) in [6.45, 7) is 3.82. The molecule has 0 radical (unpaired) electrons. The molecule has 0 aromatic carbocycles. The Morgan fingerprint density at radius 3 is 3.00 bits per heavy atom. The number of aromatic amines is 1. The number of nitrogens with one attached hydrogen (secondary N) is 1. The molecule has 0 bridgehead atoms. The van der Waals surface area contributed by atoms with Crippen LogP contribution in [-0.2, 0) is 0 Å². The fraction of sp³-hybridized carbons (Fsp3) is 0.231. The van der Waals surface area contributed by atoms with Crippen molar-refractivity contribution in [2.24, 2.45) is 0 Å². The van der Waals surface area contributed by atoms with E-state index in [-0.39, 0.29) is 5.78 Å². The summed E-state index contributed by atoms with van der Waals surface area (Å²) >= 11 is 1.36. The maximum absolute atomic E-state index is 12.0.